The third-order valence-electron chi connectivity index (χ3n) is 1.85. The molecular formula is C7H18BO3P. The molecule has 0 aromatic carbocycles. The fourth-order valence-corrected chi connectivity index (χ4v) is 2.53. The summed E-state index contributed by atoms with van der Waals surface area (Å²) in [6.07, 6.45) is 0. The van der Waals surface area contributed by atoms with Gasteiger partial charge in [0.05, 0.1) is 0 Å². The molecule has 0 amide bonds. The molecule has 0 aromatic heterocycles. The highest BCUT2D eigenvalue weighted by Gasteiger charge is 2.30. The molecule has 2 unspecified atom stereocenters. The van der Waals surface area contributed by atoms with Crippen molar-refractivity contribution >= 4 is 15.3 Å². The Morgan fingerprint density at radius 1 is 1.67 bits per heavy atom. The van der Waals surface area contributed by atoms with E-state index in [2.05, 4.69) is 0 Å². The van der Waals surface area contributed by atoms with E-state index in [1.54, 1.807) is 20.8 Å². The van der Waals surface area contributed by atoms with E-state index in [4.69, 9.17) is 9.76 Å². The average molecular weight is 192 g/mol. The predicted molar refractivity (Wildman–Crippen MR) is 53.5 cm³/mol. The second-order valence-corrected chi connectivity index (χ2v) is 6.40. The van der Waals surface area contributed by atoms with Gasteiger partial charge in [-0.05, 0) is 13.8 Å². The Bertz CT molecular complexity index is 161. The van der Waals surface area contributed by atoms with Gasteiger partial charge in [0.2, 0.25) is 0 Å². The van der Waals surface area contributed by atoms with Crippen LogP contribution in [0.15, 0.2) is 0 Å². The van der Waals surface area contributed by atoms with Crippen LogP contribution in [-0.2, 0) is 9.30 Å². The zero-order valence-electron chi connectivity index (χ0n) is 8.26. The third-order valence-corrected chi connectivity index (χ3v) is 4.25. The first-order valence-corrected chi connectivity index (χ1v) is 5.71. The van der Waals surface area contributed by atoms with Gasteiger partial charge in [0.1, 0.15) is 13.6 Å². The zero-order chi connectivity index (χ0) is 9.78. The summed E-state index contributed by atoms with van der Waals surface area (Å²) in [6.45, 7) is 7.83. The van der Waals surface area contributed by atoms with Crippen molar-refractivity contribution in [1.29, 1.82) is 0 Å². The van der Waals surface area contributed by atoms with Crippen LogP contribution in [0.4, 0.5) is 0 Å². The maximum Gasteiger partial charge on any atom is 0.283 e. The van der Waals surface area contributed by atoms with Gasteiger partial charge in [0, 0.05) is 11.7 Å². The Labute approximate surface area is 75.6 Å². The fraction of sp³-hybridized carbons (Fsp3) is 1.00. The van der Waals surface area contributed by atoms with E-state index in [0.29, 0.717) is 6.61 Å². The molecule has 0 heterocycles. The Kier molecular flexibility index (Phi) is 5.15. The molecule has 0 fully saturated rings. The van der Waals surface area contributed by atoms with Crippen molar-refractivity contribution in [2.45, 2.75) is 38.6 Å². The second kappa shape index (κ2) is 5.06. The molecule has 1 N–H and O–H groups in total. The quantitative estimate of drug-likeness (QED) is 0.522. The molecule has 0 aliphatic rings. The van der Waals surface area contributed by atoms with Crippen molar-refractivity contribution < 1.29 is 14.3 Å². The van der Waals surface area contributed by atoms with Gasteiger partial charge in [-0.15, -0.1) is 0 Å². The van der Waals surface area contributed by atoms with Crippen molar-refractivity contribution in [2.75, 3.05) is 6.61 Å². The third kappa shape index (κ3) is 3.30. The summed E-state index contributed by atoms with van der Waals surface area (Å²) >= 11 is 0. The second-order valence-electron chi connectivity index (χ2n) is 3.50. The molecular weight excluding hydrogens is 174 g/mol. The summed E-state index contributed by atoms with van der Waals surface area (Å²) in [5.74, 6) is -0.234. The summed E-state index contributed by atoms with van der Waals surface area (Å²) in [7, 11) is -1.93. The molecule has 5 heteroatoms. The van der Waals surface area contributed by atoms with Crippen LogP contribution in [-0.4, -0.2) is 30.0 Å². The smallest absolute Gasteiger partial charge is 0.283 e. The molecule has 3 nitrogen and oxygen atoms in total. The predicted octanol–water partition coefficient (Wildman–Crippen LogP) is 1.01. The molecule has 0 aromatic rings. The lowest BCUT2D eigenvalue weighted by Crippen LogP contribution is -2.27. The van der Waals surface area contributed by atoms with Gasteiger partial charge in [-0.2, -0.15) is 0 Å². The maximum atomic E-state index is 11.7. The first-order valence-electron chi connectivity index (χ1n) is 4.22. The van der Waals surface area contributed by atoms with Crippen molar-refractivity contribution in [1.82, 2.24) is 0 Å². The minimum absolute atomic E-state index is 0.0534. The monoisotopic (exact) mass is 192 g/mol. The normalized spacial score (nSPS) is 17.1. The van der Waals surface area contributed by atoms with E-state index in [0.717, 1.165) is 0 Å². The van der Waals surface area contributed by atoms with E-state index in [9.17, 15) is 4.57 Å². The fourth-order valence-electron chi connectivity index (χ4n) is 0.954. The Balaban J connectivity index is 4.18. The van der Waals surface area contributed by atoms with Gasteiger partial charge in [-0.3, -0.25) is 0 Å². The van der Waals surface area contributed by atoms with Crippen LogP contribution < -0.4 is 0 Å². The number of hydrogen-bond acceptors (Lipinski definition) is 3. The molecule has 72 valence electrons. The van der Waals surface area contributed by atoms with Gasteiger partial charge in [0.15, 0.2) is 0 Å². The topological polar surface area (TPSA) is 46.5 Å². The molecule has 0 saturated heterocycles. The van der Waals surface area contributed by atoms with E-state index in [1.165, 1.54) is 0 Å². The molecule has 0 spiro atoms. The molecule has 0 rings (SSSR count). The van der Waals surface area contributed by atoms with Crippen molar-refractivity contribution in [3.8, 4) is 0 Å². The van der Waals surface area contributed by atoms with Crippen LogP contribution in [0.1, 0.15) is 27.7 Å². The lowest BCUT2D eigenvalue weighted by molar-refractivity contribution is 0.129. The number of rotatable bonds is 5. The standard InChI is InChI=1S/C7H18BO3P/c1-5-11-6(2)12(10)7(3,4)8-9/h6,8-9,12H,5H2,1-4H3. The van der Waals surface area contributed by atoms with Crippen LogP contribution in [0.2, 0.25) is 0 Å². The van der Waals surface area contributed by atoms with Gasteiger partial charge in [-0.1, -0.05) is 13.8 Å². The van der Waals surface area contributed by atoms with E-state index in [1.807, 2.05) is 6.92 Å². The highest BCUT2D eigenvalue weighted by atomic mass is 31.1. The van der Waals surface area contributed by atoms with E-state index >= 15 is 0 Å². The Morgan fingerprint density at radius 2 is 2.17 bits per heavy atom. The Hall–Kier alpha value is 0.215. The first kappa shape index (κ1) is 12.2. The highest BCUT2D eigenvalue weighted by Crippen LogP contribution is 2.42. The van der Waals surface area contributed by atoms with Crippen LogP contribution in [0.3, 0.4) is 0 Å². The molecule has 0 radical (unpaired) electrons. The first-order chi connectivity index (χ1) is 5.45. The molecule has 12 heavy (non-hydrogen) atoms. The lowest BCUT2D eigenvalue weighted by atomic mass is 9.83. The molecule has 0 bridgehead atoms. The minimum Gasteiger partial charge on any atom is -0.453 e. The molecule has 0 aliphatic carbocycles. The number of hydrogen-bond donors (Lipinski definition) is 1. The summed E-state index contributed by atoms with van der Waals surface area (Å²) in [4.78, 5) is 0. The molecule has 0 aliphatic heterocycles. The maximum absolute atomic E-state index is 11.7. The van der Waals surface area contributed by atoms with Crippen molar-refractivity contribution in [2.24, 2.45) is 0 Å². The summed E-state index contributed by atoms with van der Waals surface area (Å²) in [5.41, 5.74) is 0. The van der Waals surface area contributed by atoms with Gasteiger partial charge >= 0.3 is 0 Å². The van der Waals surface area contributed by atoms with Crippen molar-refractivity contribution in [3.05, 3.63) is 0 Å². The Morgan fingerprint density at radius 3 is 2.50 bits per heavy atom. The summed E-state index contributed by atoms with van der Waals surface area (Å²) < 4.78 is 16.9. The summed E-state index contributed by atoms with van der Waals surface area (Å²) in [5, 5.41) is 8.45. The highest BCUT2D eigenvalue weighted by molar-refractivity contribution is 7.49. The molecule has 0 saturated carbocycles. The van der Waals surface area contributed by atoms with Crippen LogP contribution in [0.25, 0.3) is 0 Å². The van der Waals surface area contributed by atoms with Gasteiger partial charge in [0.25, 0.3) is 7.48 Å². The average Bonchev–Trinajstić information content (AvgIpc) is 2.03. The van der Waals surface area contributed by atoms with Gasteiger partial charge in [-0.25, -0.2) is 0 Å². The molecule has 2 atom stereocenters. The largest absolute Gasteiger partial charge is 0.453 e. The van der Waals surface area contributed by atoms with Crippen LogP contribution >= 0.6 is 7.80 Å². The summed E-state index contributed by atoms with van der Waals surface area (Å²) in [6, 6.07) is 0. The van der Waals surface area contributed by atoms with E-state index in [-0.39, 0.29) is 13.3 Å². The number of ether oxygens (including phenoxy) is 1. The zero-order valence-corrected chi connectivity index (χ0v) is 9.26. The van der Waals surface area contributed by atoms with Crippen molar-refractivity contribution in [3.63, 3.8) is 0 Å². The SMILES string of the molecule is CCOC(C)[PH](=O)C(C)(C)BO. The minimum atomic E-state index is -1.88. The lowest BCUT2D eigenvalue weighted by Gasteiger charge is -2.24. The van der Waals surface area contributed by atoms with Gasteiger partial charge < -0.3 is 14.3 Å². The van der Waals surface area contributed by atoms with E-state index < -0.39 is 12.9 Å². The van der Waals surface area contributed by atoms with Crippen LogP contribution in [0.5, 0.6) is 0 Å². The van der Waals surface area contributed by atoms with Crippen LogP contribution in [0, 0.1) is 0 Å².